The van der Waals surface area contributed by atoms with Gasteiger partial charge in [0.25, 0.3) is 5.91 Å². The first-order valence-corrected chi connectivity index (χ1v) is 7.94. The highest BCUT2D eigenvalue weighted by atomic mass is 32.1. The van der Waals surface area contributed by atoms with Crippen molar-refractivity contribution < 1.29 is 14.3 Å². The Kier molecular flexibility index (Phi) is 4.81. The Morgan fingerprint density at radius 1 is 1.40 bits per heavy atom. The van der Waals surface area contributed by atoms with E-state index < -0.39 is 0 Å². The summed E-state index contributed by atoms with van der Waals surface area (Å²) < 4.78 is 4.96. The third-order valence-electron chi connectivity index (χ3n) is 3.41. The van der Waals surface area contributed by atoms with Gasteiger partial charge in [0.2, 0.25) is 0 Å². The van der Waals surface area contributed by atoms with Gasteiger partial charge in [-0.15, -0.1) is 11.3 Å². The topological polar surface area (TPSA) is 46.6 Å². The molecule has 0 atom stereocenters. The normalized spacial score (nSPS) is 14.2. The van der Waals surface area contributed by atoms with E-state index in [0.717, 1.165) is 29.7 Å². The lowest BCUT2D eigenvalue weighted by Crippen LogP contribution is -2.37. The van der Waals surface area contributed by atoms with Crippen molar-refractivity contribution >= 4 is 23.2 Å². The van der Waals surface area contributed by atoms with Gasteiger partial charge in [-0.3, -0.25) is 9.59 Å². The largest absolute Gasteiger partial charge is 0.465 e. The zero-order valence-electron chi connectivity index (χ0n) is 12.3. The number of carbonyl (C=O) groups is 2. The Bertz CT molecular complexity index is 505. The highest BCUT2D eigenvalue weighted by molar-refractivity contribution is 7.14. The first-order chi connectivity index (χ1) is 9.56. The lowest BCUT2D eigenvalue weighted by Gasteiger charge is -2.20. The zero-order chi connectivity index (χ0) is 14.7. The quantitative estimate of drug-likeness (QED) is 0.758. The molecule has 0 bridgehead atoms. The molecule has 1 aromatic rings. The third-order valence-corrected chi connectivity index (χ3v) is 4.78. The van der Waals surface area contributed by atoms with Gasteiger partial charge in [0.15, 0.2) is 0 Å². The van der Waals surface area contributed by atoms with Crippen molar-refractivity contribution in [3.63, 3.8) is 0 Å². The van der Waals surface area contributed by atoms with Crippen LogP contribution in [0.1, 0.15) is 46.8 Å². The summed E-state index contributed by atoms with van der Waals surface area (Å²) in [5.74, 6) is -0.356. The van der Waals surface area contributed by atoms with E-state index in [-0.39, 0.29) is 24.5 Å². The first-order valence-electron chi connectivity index (χ1n) is 7.12. The van der Waals surface area contributed by atoms with Gasteiger partial charge in [-0.05, 0) is 44.7 Å². The summed E-state index contributed by atoms with van der Waals surface area (Å²) in [6, 6.07) is 2.14. The molecule has 0 radical (unpaired) electrons. The predicted molar refractivity (Wildman–Crippen MR) is 79.1 cm³/mol. The molecule has 4 nitrogen and oxygen atoms in total. The van der Waals surface area contributed by atoms with Crippen molar-refractivity contribution in [3.8, 4) is 0 Å². The van der Waals surface area contributed by atoms with Crippen LogP contribution in [0.25, 0.3) is 0 Å². The molecule has 1 saturated carbocycles. The minimum absolute atomic E-state index is 0.0339. The number of rotatable bonds is 6. The second kappa shape index (κ2) is 6.39. The van der Waals surface area contributed by atoms with E-state index in [1.54, 1.807) is 11.8 Å². The Labute approximate surface area is 123 Å². The van der Waals surface area contributed by atoms with Crippen molar-refractivity contribution in [2.24, 2.45) is 0 Å². The monoisotopic (exact) mass is 295 g/mol. The van der Waals surface area contributed by atoms with Crippen LogP contribution < -0.4 is 0 Å². The molecule has 2 rings (SSSR count). The number of carbonyl (C=O) groups excluding carboxylic acids is 2. The number of esters is 1. The van der Waals surface area contributed by atoms with Crippen LogP contribution in [0.15, 0.2) is 6.07 Å². The molecule has 0 aromatic carbocycles. The van der Waals surface area contributed by atoms with Gasteiger partial charge in [0.05, 0.1) is 11.5 Å². The molecule has 110 valence electrons. The van der Waals surface area contributed by atoms with Crippen LogP contribution >= 0.6 is 11.3 Å². The SMILES string of the molecule is CCOC(=O)CN(C(=O)c1cc(C)c(CC)s1)C1CC1. The summed E-state index contributed by atoms with van der Waals surface area (Å²) in [5, 5.41) is 0. The lowest BCUT2D eigenvalue weighted by atomic mass is 10.2. The smallest absolute Gasteiger partial charge is 0.325 e. The number of nitrogens with zero attached hydrogens (tertiary/aromatic N) is 1. The number of thiophene rings is 1. The fourth-order valence-corrected chi connectivity index (χ4v) is 3.29. The highest BCUT2D eigenvalue weighted by Gasteiger charge is 2.35. The average Bonchev–Trinajstić information content (AvgIpc) is 3.18. The summed E-state index contributed by atoms with van der Waals surface area (Å²) in [6.07, 6.45) is 2.90. The van der Waals surface area contributed by atoms with Gasteiger partial charge >= 0.3 is 5.97 Å². The lowest BCUT2D eigenvalue weighted by molar-refractivity contribution is -0.143. The highest BCUT2D eigenvalue weighted by Crippen LogP contribution is 2.31. The van der Waals surface area contributed by atoms with Crippen molar-refractivity contribution in [3.05, 3.63) is 21.4 Å². The number of hydrogen-bond donors (Lipinski definition) is 0. The molecule has 0 aliphatic heterocycles. The van der Waals surface area contributed by atoms with Crippen LogP contribution in [-0.2, 0) is 16.0 Å². The fourth-order valence-electron chi connectivity index (χ4n) is 2.22. The Hall–Kier alpha value is -1.36. The van der Waals surface area contributed by atoms with E-state index in [1.807, 2.05) is 13.0 Å². The summed E-state index contributed by atoms with van der Waals surface area (Å²) in [5.41, 5.74) is 1.16. The molecule has 1 aliphatic carbocycles. The summed E-state index contributed by atoms with van der Waals surface area (Å²) in [4.78, 5) is 27.9. The molecule has 1 aliphatic rings. The standard InChI is InChI=1S/C15H21NO3S/c1-4-12-10(3)8-13(20-12)15(18)16(11-6-7-11)9-14(17)19-5-2/h8,11H,4-7,9H2,1-3H3. The maximum absolute atomic E-state index is 12.6. The Balaban J connectivity index is 2.12. The Morgan fingerprint density at radius 2 is 2.10 bits per heavy atom. The molecule has 0 saturated heterocycles. The maximum Gasteiger partial charge on any atom is 0.325 e. The second-order valence-electron chi connectivity index (χ2n) is 5.04. The van der Waals surface area contributed by atoms with Gasteiger partial charge < -0.3 is 9.64 Å². The van der Waals surface area contributed by atoms with Gasteiger partial charge in [-0.2, -0.15) is 0 Å². The van der Waals surface area contributed by atoms with Crippen LogP contribution in [-0.4, -0.2) is 36.0 Å². The molecule has 5 heteroatoms. The van der Waals surface area contributed by atoms with Crippen LogP contribution in [0.2, 0.25) is 0 Å². The van der Waals surface area contributed by atoms with E-state index in [1.165, 1.54) is 16.2 Å². The fraction of sp³-hybridized carbons (Fsp3) is 0.600. The summed E-state index contributed by atoms with van der Waals surface area (Å²) in [6.45, 7) is 6.31. The third kappa shape index (κ3) is 3.39. The number of hydrogen-bond acceptors (Lipinski definition) is 4. The van der Waals surface area contributed by atoms with E-state index >= 15 is 0 Å². The predicted octanol–water partition coefficient (Wildman–Crippen LogP) is 2.79. The van der Waals surface area contributed by atoms with Gasteiger partial charge in [0, 0.05) is 10.9 Å². The molecule has 1 heterocycles. The second-order valence-corrected chi connectivity index (χ2v) is 6.18. The minimum Gasteiger partial charge on any atom is -0.465 e. The van der Waals surface area contributed by atoms with Crippen LogP contribution in [0.3, 0.4) is 0 Å². The zero-order valence-corrected chi connectivity index (χ0v) is 13.1. The van der Waals surface area contributed by atoms with Crippen molar-refractivity contribution in [1.82, 2.24) is 4.90 Å². The molecule has 1 fully saturated rings. The molecule has 0 spiro atoms. The minimum atomic E-state index is -0.322. The van der Waals surface area contributed by atoms with E-state index in [9.17, 15) is 9.59 Å². The molecular weight excluding hydrogens is 274 g/mol. The Morgan fingerprint density at radius 3 is 2.60 bits per heavy atom. The molecule has 0 N–H and O–H groups in total. The summed E-state index contributed by atoms with van der Waals surface area (Å²) >= 11 is 1.54. The van der Waals surface area contributed by atoms with Crippen molar-refractivity contribution in [2.75, 3.05) is 13.2 Å². The van der Waals surface area contributed by atoms with Crippen LogP contribution in [0.5, 0.6) is 0 Å². The molecular formula is C15H21NO3S. The first kappa shape index (κ1) is 15.0. The van der Waals surface area contributed by atoms with E-state index in [4.69, 9.17) is 4.74 Å². The van der Waals surface area contributed by atoms with Crippen LogP contribution in [0.4, 0.5) is 0 Å². The van der Waals surface area contributed by atoms with Gasteiger partial charge in [0.1, 0.15) is 6.54 Å². The summed E-state index contributed by atoms with van der Waals surface area (Å²) in [7, 11) is 0. The van der Waals surface area contributed by atoms with Crippen molar-refractivity contribution in [2.45, 2.75) is 46.1 Å². The van der Waals surface area contributed by atoms with Crippen LogP contribution in [0, 0.1) is 6.92 Å². The molecule has 0 unspecified atom stereocenters. The average molecular weight is 295 g/mol. The van der Waals surface area contributed by atoms with E-state index in [0.29, 0.717) is 6.61 Å². The van der Waals surface area contributed by atoms with E-state index in [2.05, 4.69) is 6.92 Å². The number of amides is 1. The van der Waals surface area contributed by atoms with Gasteiger partial charge in [-0.25, -0.2) is 0 Å². The van der Waals surface area contributed by atoms with Gasteiger partial charge in [-0.1, -0.05) is 6.92 Å². The number of aryl methyl sites for hydroxylation is 2. The molecule has 20 heavy (non-hydrogen) atoms. The molecule has 1 amide bonds. The molecule has 1 aromatic heterocycles. The van der Waals surface area contributed by atoms with Crippen molar-refractivity contribution in [1.29, 1.82) is 0 Å². The maximum atomic E-state index is 12.6. The number of ether oxygens (including phenoxy) is 1.